The monoisotopic (exact) mass is 248 g/mol. The van der Waals surface area contributed by atoms with E-state index in [1.807, 2.05) is 6.92 Å². The molecule has 6 heteroatoms. The number of allylic oxidation sites excluding steroid dienone is 1. The van der Waals surface area contributed by atoms with E-state index in [4.69, 9.17) is 9.84 Å². The number of sulfone groups is 1. The second kappa shape index (κ2) is 4.97. The van der Waals surface area contributed by atoms with Crippen LogP contribution in [0, 0.1) is 0 Å². The van der Waals surface area contributed by atoms with Gasteiger partial charge in [-0.3, -0.25) is 0 Å². The Morgan fingerprint density at radius 3 is 2.44 bits per heavy atom. The minimum Gasteiger partial charge on any atom is -0.479 e. The highest BCUT2D eigenvalue weighted by Crippen LogP contribution is 2.28. The van der Waals surface area contributed by atoms with E-state index < -0.39 is 21.4 Å². The van der Waals surface area contributed by atoms with Gasteiger partial charge >= 0.3 is 5.97 Å². The van der Waals surface area contributed by atoms with E-state index in [2.05, 4.69) is 0 Å². The molecule has 0 unspecified atom stereocenters. The van der Waals surface area contributed by atoms with E-state index in [9.17, 15) is 13.2 Å². The molecular weight excluding hydrogens is 232 g/mol. The summed E-state index contributed by atoms with van der Waals surface area (Å²) in [5, 5.41) is 9.11. The molecule has 5 nitrogen and oxygen atoms in total. The summed E-state index contributed by atoms with van der Waals surface area (Å²) in [5.41, 5.74) is -1.33. The molecule has 1 aliphatic heterocycles. The van der Waals surface area contributed by atoms with Crippen molar-refractivity contribution < 1.29 is 23.1 Å². The normalized spacial score (nSPS) is 23.3. The standard InChI is InChI=1S/C10H16O5S/c1-2-3-6-15-10(9(11)12)4-7-16(13,14)8-5-10/h2-3H,4-8H2,1H3,(H,11,12)/b3-2+. The van der Waals surface area contributed by atoms with E-state index in [1.54, 1.807) is 12.2 Å². The minimum absolute atomic E-state index is 0.0300. The molecule has 0 aromatic carbocycles. The van der Waals surface area contributed by atoms with Crippen LogP contribution in [-0.2, 0) is 19.4 Å². The van der Waals surface area contributed by atoms with Crippen LogP contribution in [0.3, 0.4) is 0 Å². The minimum atomic E-state index is -3.08. The zero-order valence-corrected chi connectivity index (χ0v) is 10.00. The fourth-order valence-corrected chi connectivity index (χ4v) is 3.08. The largest absolute Gasteiger partial charge is 0.479 e. The lowest BCUT2D eigenvalue weighted by Gasteiger charge is -2.32. The molecule has 92 valence electrons. The molecule has 1 N–H and O–H groups in total. The predicted octanol–water partition coefficient (Wildman–Crippen LogP) is 0.611. The summed E-state index contributed by atoms with van der Waals surface area (Å²) in [4.78, 5) is 11.1. The van der Waals surface area contributed by atoms with Gasteiger partial charge < -0.3 is 9.84 Å². The van der Waals surface area contributed by atoms with Gasteiger partial charge in [-0.2, -0.15) is 0 Å². The molecule has 0 spiro atoms. The molecule has 0 atom stereocenters. The average Bonchev–Trinajstić information content (AvgIpc) is 2.21. The number of aliphatic carboxylic acids is 1. The first-order valence-corrected chi connectivity index (χ1v) is 6.93. The summed E-state index contributed by atoms with van der Waals surface area (Å²) in [7, 11) is -3.08. The molecule has 1 fully saturated rings. The average molecular weight is 248 g/mol. The highest BCUT2D eigenvalue weighted by Gasteiger charge is 2.44. The second-order valence-corrected chi connectivity index (χ2v) is 6.13. The van der Waals surface area contributed by atoms with E-state index in [1.165, 1.54) is 0 Å². The number of rotatable bonds is 4. The van der Waals surface area contributed by atoms with Gasteiger partial charge in [0.1, 0.15) is 0 Å². The summed E-state index contributed by atoms with van der Waals surface area (Å²) in [5.74, 6) is -1.31. The Morgan fingerprint density at radius 2 is 2.00 bits per heavy atom. The fourth-order valence-electron chi connectivity index (χ4n) is 1.59. The maximum absolute atomic E-state index is 11.2. The predicted molar refractivity (Wildman–Crippen MR) is 59.0 cm³/mol. The van der Waals surface area contributed by atoms with Crippen molar-refractivity contribution in [1.29, 1.82) is 0 Å². The molecule has 0 aromatic heterocycles. The van der Waals surface area contributed by atoms with Crippen molar-refractivity contribution >= 4 is 15.8 Å². The Bertz CT molecular complexity index is 368. The number of hydrogen-bond donors (Lipinski definition) is 1. The lowest BCUT2D eigenvalue weighted by molar-refractivity contribution is -0.165. The highest BCUT2D eigenvalue weighted by molar-refractivity contribution is 7.91. The second-order valence-electron chi connectivity index (χ2n) is 3.83. The zero-order chi connectivity index (χ0) is 12.2. The van der Waals surface area contributed by atoms with Crippen molar-refractivity contribution in [1.82, 2.24) is 0 Å². The maximum atomic E-state index is 11.2. The van der Waals surface area contributed by atoms with Gasteiger partial charge in [0.2, 0.25) is 0 Å². The van der Waals surface area contributed by atoms with Gasteiger partial charge in [-0.1, -0.05) is 12.2 Å². The Kier molecular flexibility index (Phi) is 4.09. The quantitative estimate of drug-likeness (QED) is 0.737. The third kappa shape index (κ3) is 3.05. The molecule has 1 aliphatic rings. The van der Waals surface area contributed by atoms with Crippen LogP contribution in [-0.4, -0.2) is 43.2 Å². The van der Waals surface area contributed by atoms with Crippen molar-refractivity contribution in [3.63, 3.8) is 0 Å². The third-order valence-electron chi connectivity index (χ3n) is 2.72. The van der Waals surface area contributed by atoms with Crippen molar-refractivity contribution in [2.24, 2.45) is 0 Å². The van der Waals surface area contributed by atoms with Gasteiger partial charge in [0, 0.05) is 12.8 Å². The maximum Gasteiger partial charge on any atom is 0.336 e. The van der Waals surface area contributed by atoms with Gasteiger partial charge in [-0.05, 0) is 6.92 Å². The van der Waals surface area contributed by atoms with Crippen LogP contribution in [0.4, 0.5) is 0 Å². The molecular formula is C10H16O5S. The SMILES string of the molecule is C/C=C/COC1(C(=O)O)CCS(=O)(=O)CC1. The molecule has 16 heavy (non-hydrogen) atoms. The summed E-state index contributed by atoms with van der Waals surface area (Å²) >= 11 is 0. The van der Waals surface area contributed by atoms with Crippen LogP contribution >= 0.6 is 0 Å². The Morgan fingerprint density at radius 1 is 1.44 bits per heavy atom. The molecule has 0 amide bonds. The lowest BCUT2D eigenvalue weighted by Crippen LogP contribution is -2.48. The lowest BCUT2D eigenvalue weighted by atomic mass is 9.97. The molecule has 1 saturated heterocycles. The van der Waals surface area contributed by atoms with Gasteiger partial charge in [-0.25, -0.2) is 13.2 Å². The zero-order valence-electron chi connectivity index (χ0n) is 9.18. The Balaban J connectivity index is 2.72. The number of carboxylic acids is 1. The summed E-state index contributed by atoms with van der Waals surface area (Å²) in [6.07, 6.45) is 3.52. The van der Waals surface area contributed by atoms with E-state index in [0.717, 1.165) is 0 Å². The fraction of sp³-hybridized carbons (Fsp3) is 0.700. The van der Waals surface area contributed by atoms with E-state index >= 15 is 0 Å². The Labute approximate surface area is 95.0 Å². The third-order valence-corrected chi connectivity index (χ3v) is 4.37. The molecule has 0 saturated carbocycles. The van der Waals surface area contributed by atoms with Crippen LogP contribution in [0.2, 0.25) is 0 Å². The number of hydrogen-bond acceptors (Lipinski definition) is 4. The van der Waals surface area contributed by atoms with E-state index in [0.29, 0.717) is 0 Å². The van der Waals surface area contributed by atoms with Crippen molar-refractivity contribution in [3.05, 3.63) is 12.2 Å². The van der Waals surface area contributed by atoms with Crippen LogP contribution < -0.4 is 0 Å². The van der Waals surface area contributed by atoms with E-state index in [-0.39, 0.29) is 31.0 Å². The van der Waals surface area contributed by atoms with Crippen LogP contribution in [0.15, 0.2) is 12.2 Å². The first-order valence-electron chi connectivity index (χ1n) is 5.11. The number of ether oxygens (including phenoxy) is 1. The summed E-state index contributed by atoms with van der Waals surface area (Å²) in [6.45, 7) is 2.00. The first kappa shape index (κ1) is 13.2. The van der Waals surface area contributed by atoms with Crippen molar-refractivity contribution in [3.8, 4) is 0 Å². The van der Waals surface area contributed by atoms with Crippen LogP contribution in [0.25, 0.3) is 0 Å². The molecule has 1 heterocycles. The molecule has 1 rings (SSSR count). The van der Waals surface area contributed by atoms with Gasteiger partial charge in [0.05, 0.1) is 18.1 Å². The smallest absolute Gasteiger partial charge is 0.336 e. The molecule has 0 aromatic rings. The number of carboxylic acid groups (broad SMARTS) is 1. The Hall–Kier alpha value is -0.880. The topological polar surface area (TPSA) is 80.7 Å². The molecule has 0 aliphatic carbocycles. The van der Waals surface area contributed by atoms with Crippen molar-refractivity contribution in [2.75, 3.05) is 18.1 Å². The van der Waals surface area contributed by atoms with Crippen molar-refractivity contribution in [2.45, 2.75) is 25.4 Å². The van der Waals surface area contributed by atoms with Crippen LogP contribution in [0.5, 0.6) is 0 Å². The van der Waals surface area contributed by atoms with Gasteiger partial charge in [-0.15, -0.1) is 0 Å². The molecule has 0 bridgehead atoms. The van der Waals surface area contributed by atoms with Gasteiger partial charge in [0.15, 0.2) is 15.4 Å². The highest BCUT2D eigenvalue weighted by atomic mass is 32.2. The first-order chi connectivity index (χ1) is 7.42. The van der Waals surface area contributed by atoms with Gasteiger partial charge in [0.25, 0.3) is 0 Å². The summed E-state index contributed by atoms with van der Waals surface area (Å²) < 4.78 is 27.8. The summed E-state index contributed by atoms with van der Waals surface area (Å²) in [6, 6.07) is 0. The number of carbonyl (C=O) groups is 1. The van der Waals surface area contributed by atoms with Crippen LogP contribution in [0.1, 0.15) is 19.8 Å². The molecule has 0 radical (unpaired) electrons.